The van der Waals surface area contributed by atoms with Crippen molar-refractivity contribution >= 4 is 0 Å². The lowest BCUT2D eigenvalue weighted by molar-refractivity contribution is 0.181. The summed E-state index contributed by atoms with van der Waals surface area (Å²) >= 11 is 0. The minimum Gasteiger partial charge on any atom is -0.420 e. The predicted molar refractivity (Wildman–Crippen MR) is 90.6 cm³/mol. The number of nitrogens with one attached hydrogen (secondary N) is 1. The second-order valence-corrected chi connectivity index (χ2v) is 7.15. The number of hydrogen-bond acceptors (Lipinski definition) is 6. The highest BCUT2D eigenvalue weighted by atomic mass is 16.4. The Hall–Kier alpha value is -1.76. The molecule has 1 aliphatic heterocycles. The monoisotopic (exact) mass is 328 g/mol. The first kappa shape index (κ1) is 15.7. The van der Waals surface area contributed by atoms with Crippen LogP contribution in [0.4, 0.5) is 0 Å². The number of fused-ring (bicyclic) bond motifs is 1. The van der Waals surface area contributed by atoms with Crippen LogP contribution in [0.3, 0.4) is 0 Å². The van der Waals surface area contributed by atoms with E-state index < -0.39 is 5.54 Å². The van der Waals surface area contributed by atoms with Crippen LogP contribution >= 0.6 is 0 Å². The molecule has 2 aromatic rings. The van der Waals surface area contributed by atoms with Gasteiger partial charge in [0.15, 0.2) is 0 Å². The van der Waals surface area contributed by atoms with Crippen LogP contribution in [0.25, 0.3) is 11.5 Å². The Morgan fingerprint density at radius 1 is 1.25 bits per heavy atom. The van der Waals surface area contributed by atoms with Crippen molar-refractivity contribution in [2.45, 2.75) is 43.6 Å². The van der Waals surface area contributed by atoms with Crippen molar-refractivity contribution in [2.24, 2.45) is 5.73 Å². The molecule has 1 unspecified atom stereocenters. The van der Waals surface area contributed by atoms with E-state index in [1.165, 1.54) is 11.1 Å². The third kappa shape index (κ3) is 2.97. The van der Waals surface area contributed by atoms with Crippen molar-refractivity contribution in [2.75, 3.05) is 19.7 Å². The summed E-state index contributed by atoms with van der Waals surface area (Å²) in [6, 6.07) is 6.25. The molecule has 6 nitrogen and oxygen atoms in total. The number of hydrogen-bond donors (Lipinski definition) is 3. The molecule has 0 radical (unpaired) electrons. The summed E-state index contributed by atoms with van der Waals surface area (Å²) in [4.78, 5) is 0. The van der Waals surface area contributed by atoms with Gasteiger partial charge in [0.2, 0.25) is 11.8 Å². The van der Waals surface area contributed by atoms with Gasteiger partial charge in [-0.2, -0.15) is 0 Å². The molecule has 1 atom stereocenters. The van der Waals surface area contributed by atoms with Crippen molar-refractivity contribution in [3.63, 3.8) is 0 Å². The Bertz CT molecular complexity index is 724. The number of rotatable bonds is 3. The van der Waals surface area contributed by atoms with Crippen LogP contribution in [0.1, 0.15) is 42.2 Å². The summed E-state index contributed by atoms with van der Waals surface area (Å²) in [7, 11) is 0. The molecule has 2 heterocycles. The van der Waals surface area contributed by atoms with Crippen molar-refractivity contribution < 1.29 is 9.52 Å². The van der Waals surface area contributed by atoms with E-state index in [0.717, 1.165) is 50.2 Å². The number of piperidine rings is 1. The molecular weight excluding hydrogens is 304 g/mol. The van der Waals surface area contributed by atoms with Crippen LogP contribution in [0.5, 0.6) is 0 Å². The van der Waals surface area contributed by atoms with Crippen LogP contribution < -0.4 is 11.1 Å². The second kappa shape index (κ2) is 6.27. The Labute approximate surface area is 141 Å². The van der Waals surface area contributed by atoms with Gasteiger partial charge in [0.05, 0.1) is 6.61 Å². The Balaban J connectivity index is 1.59. The molecule has 1 aliphatic carbocycles. The average molecular weight is 328 g/mol. The highest BCUT2D eigenvalue weighted by Gasteiger charge is 2.30. The molecule has 0 saturated carbocycles. The molecule has 4 N–H and O–H groups in total. The SMILES string of the molecule is NC1(CO)CCc2ccc(-c3nnc(C4CCNCC4)o3)cc2C1. The summed E-state index contributed by atoms with van der Waals surface area (Å²) in [6.45, 7) is 2.01. The maximum absolute atomic E-state index is 9.54. The lowest BCUT2D eigenvalue weighted by Gasteiger charge is -2.33. The number of aliphatic hydroxyl groups is 1. The van der Waals surface area contributed by atoms with Crippen molar-refractivity contribution in [1.29, 1.82) is 0 Å². The van der Waals surface area contributed by atoms with E-state index in [0.29, 0.717) is 18.2 Å². The molecule has 0 amide bonds. The van der Waals surface area contributed by atoms with Gasteiger partial charge < -0.3 is 20.6 Å². The van der Waals surface area contributed by atoms with Gasteiger partial charge in [0.25, 0.3) is 0 Å². The number of nitrogens with two attached hydrogens (primary N) is 1. The number of aliphatic hydroxyl groups excluding tert-OH is 1. The summed E-state index contributed by atoms with van der Waals surface area (Å²) in [6.07, 6.45) is 4.48. The van der Waals surface area contributed by atoms with Gasteiger partial charge >= 0.3 is 0 Å². The van der Waals surface area contributed by atoms with Gasteiger partial charge in [-0.05, 0) is 68.5 Å². The smallest absolute Gasteiger partial charge is 0.247 e. The predicted octanol–water partition coefficient (Wildman–Crippen LogP) is 1.38. The minimum absolute atomic E-state index is 0.0110. The molecular formula is C18H24N4O2. The Morgan fingerprint density at radius 2 is 2.08 bits per heavy atom. The first-order valence-corrected chi connectivity index (χ1v) is 8.73. The molecule has 1 aromatic carbocycles. The van der Waals surface area contributed by atoms with Crippen molar-refractivity contribution in [3.05, 3.63) is 35.2 Å². The number of aromatic nitrogens is 2. The molecule has 24 heavy (non-hydrogen) atoms. The lowest BCUT2D eigenvalue weighted by atomic mass is 9.78. The zero-order chi connectivity index (χ0) is 16.6. The zero-order valence-electron chi connectivity index (χ0n) is 13.8. The lowest BCUT2D eigenvalue weighted by Crippen LogP contribution is -2.48. The number of aryl methyl sites for hydroxylation is 1. The Morgan fingerprint density at radius 3 is 2.88 bits per heavy atom. The van der Waals surface area contributed by atoms with Gasteiger partial charge in [-0.1, -0.05) is 6.07 Å². The van der Waals surface area contributed by atoms with Gasteiger partial charge in [0, 0.05) is 17.0 Å². The minimum atomic E-state index is -0.513. The fourth-order valence-electron chi connectivity index (χ4n) is 3.74. The third-order valence-electron chi connectivity index (χ3n) is 5.33. The summed E-state index contributed by atoms with van der Waals surface area (Å²) in [5.74, 6) is 1.67. The van der Waals surface area contributed by atoms with E-state index in [1.54, 1.807) is 0 Å². The average Bonchev–Trinajstić information content (AvgIpc) is 3.12. The largest absolute Gasteiger partial charge is 0.420 e. The first-order chi connectivity index (χ1) is 11.7. The van der Waals surface area contributed by atoms with Gasteiger partial charge in [-0.25, -0.2) is 0 Å². The molecule has 2 aliphatic rings. The molecule has 1 fully saturated rings. The maximum atomic E-state index is 9.54. The topological polar surface area (TPSA) is 97.2 Å². The molecule has 128 valence electrons. The van der Waals surface area contributed by atoms with E-state index in [-0.39, 0.29) is 6.61 Å². The third-order valence-corrected chi connectivity index (χ3v) is 5.33. The molecule has 0 bridgehead atoms. The van der Waals surface area contributed by atoms with Crippen molar-refractivity contribution in [1.82, 2.24) is 15.5 Å². The number of nitrogens with zero attached hydrogens (tertiary/aromatic N) is 2. The summed E-state index contributed by atoms with van der Waals surface area (Å²) < 4.78 is 5.95. The summed E-state index contributed by atoms with van der Waals surface area (Å²) in [5, 5.41) is 21.4. The van der Waals surface area contributed by atoms with Crippen LogP contribution in [0.15, 0.2) is 22.6 Å². The van der Waals surface area contributed by atoms with E-state index in [2.05, 4.69) is 27.6 Å². The fraction of sp³-hybridized carbons (Fsp3) is 0.556. The van der Waals surface area contributed by atoms with E-state index >= 15 is 0 Å². The zero-order valence-corrected chi connectivity index (χ0v) is 13.8. The molecule has 1 saturated heterocycles. The van der Waals surface area contributed by atoms with E-state index in [1.807, 2.05) is 6.07 Å². The normalized spacial score (nSPS) is 24.8. The second-order valence-electron chi connectivity index (χ2n) is 7.15. The molecule has 4 rings (SSSR count). The number of benzene rings is 1. The van der Waals surface area contributed by atoms with Crippen LogP contribution in [0.2, 0.25) is 0 Å². The fourth-order valence-corrected chi connectivity index (χ4v) is 3.74. The molecule has 1 aromatic heterocycles. The van der Waals surface area contributed by atoms with Crippen molar-refractivity contribution in [3.8, 4) is 11.5 Å². The molecule has 6 heteroatoms. The maximum Gasteiger partial charge on any atom is 0.247 e. The van der Waals surface area contributed by atoms with Crippen LogP contribution in [0, 0.1) is 0 Å². The van der Waals surface area contributed by atoms with Gasteiger partial charge in [0.1, 0.15) is 0 Å². The van der Waals surface area contributed by atoms with E-state index in [9.17, 15) is 5.11 Å². The van der Waals surface area contributed by atoms with Crippen LogP contribution in [-0.4, -0.2) is 40.5 Å². The summed E-state index contributed by atoms with van der Waals surface area (Å²) in [5.41, 5.74) is 9.15. The van der Waals surface area contributed by atoms with Gasteiger partial charge in [-0.15, -0.1) is 10.2 Å². The highest BCUT2D eigenvalue weighted by molar-refractivity contribution is 5.56. The molecule has 0 spiro atoms. The highest BCUT2D eigenvalue weighted by Crippen LogP contribution is 2.32. The van der Waals surface area contributed by atoms with Gasteiger partial charge in [-0.3, -0.25) is 0 Å². The standard InChI is InChI=1S/C18H24N4O2/c19-18(11-23)6-3-12-1-2-14(9-15(12)10-18)17-22-21-16(24-17)13-4-7-20-8-5-13/h1-2,9,13,20,23H,3-8,10-11,19H2. The quantitative estimate of drug-likeness (QED) is 0.787. The van der Waals surface area contributed by atoms with E-state index in [4.69, 9.17) is 10.2 Å². The Kier molecular flexibility index (Phi) is 4.12. The first-order valence-electron chi connectivity index (χ1n) is 8.73. The van der Waals surface area contributed by atoms with Crippen LogP contribution in [-0.2, 0) is 12.8 Å².